The maximum atomic E-state index is 13.7. The number of sulfone groups is 1. The second-order valence-electron chi connectivity index (χ2n) is 8.21. The summed E-state index contributed by atoms with van der Waals surface area (Å²) in [6.07, 6.45) is -16.3. The van der Waals surface area contributed by atoms with Crippen LogP contribution in [0.1, 0.15) is 24.0 Å². The van der Waals surface area contributed by atoms with Crippen LogP contribution >= 0.6 is 0 Å². The smallest absolute Gasteiger partial charge is 0.427 e. The predicted molar refractivity (Wildman–Crippen MR) is 102 cm³/mol. The SMILES string of the molecule is O=C1O[C@H]2C[C@@](c3ccc(C(O)(C(F)(F)F)C(F)(F)F)cc3)(S(=O)(=O)c3ccc(F)cc3)C[C@H]2O1. The molecule has 1 aliphatic carbocycles. The maximum Gasteiger partial charge on any atom is 0.509 e. The van der Waals surface area contributed by atoms with Gasteiger partial charge in [0.15, 0.2) is 9.84 Å². The van der Waals surface area contributed by atoms with Crippen molar-refractivity contribution >= 4 is 16.0 Å². The number of benzene rings is 2. The molecule has 2 aromatic rings. The van der Waals surface area contributed by atoms with Crippen LogP contribution in [0.3, 0.4) is 0 Å². The van der Waals surface area contributed by atoms with Gasteiger partial charge in [-0.1, -0.05) is 24.3 Å². The van der Waals surface area contributed by atoms with Crippen molar-refractivity contribution in [1.82, 2.24) is 0 Å². The van der Waals surface area contributed by atoms with Crippen LogP contribution in [0.15, 0.2) is 53.4 Å². The Morgan fingerprint density at radius 3 is 1.71 bits per heavy atom. The highest BCUT2D eigenvalue weighted by Gasteiger charge is 2.71. The minimum Gasteiger partial charge on any atom is -0.427 e. The fourth-order valence-electron chi connectivity index (χ4n) is 4.46. The first-order valence-electron chi connectivity index (χ1n) is 9.87. The molecular weight excluding hydrogens is 513 g/mol. The largest absolute Gasteiger partial charge is 0.509 e. The molecule has 0 aromatic heterocycles. The average Bonchev–Trinajstić information content (AvgIpc) is 3.27. The van der Waals surface area contributed by atoms with Gasteiger partial charge in [0.05, 0.1) is 4.90 Å². The van der Waals surface area contributed by atoms with Crippen LogP contribution in [0.2, 0.25) is 0 Å². The van der Waals surface area contributed by atoms with E-state index in [0.717, 1.165) is 36.4 Å². The van der Waals surface area contributed by atoms with Crippen molar-refractivity contribution in [3.05, 3.63) is 65.5 Å². The molecule has 190 valence electrons. The van der Waals surface area contributed by atoms with E-state index in [4.69, 9.17) is 9.47 Å². The first-order valence-corrected chi connectivity index (χ1v) is 11.4. The Labute approximate surface area is 193 Å². The number of aliphatic hydroxyl groups is 1. The fraction of sp³-hybridized carbons (Fsp3) is 0.381. The van der Waals surface area contributed by atoms with E-state index in [1.807, 2.05) is 0 Å². The standard InChI is InChI=1S/C21H15F7O6S/c22-13-5-7-14(8-6-13)35(31,32)18(9-15-16(10-18)34-17(29)33-15)11-1-3-12(4-2-11)19(30,20(23,24)25)21(26,27)28/h1-8,15-16,30H,9-10H2/t15-,16+,18+. The van der Waals surface area contributed by atoms with Gasteiger partial charge in [-0.25, -0.2) is 17.6 Å². The normalized spacial score (nSPS) is 25.2. The third-order valence-electron chi connectivity index (χ3n) is 6.26. The zero-order valence-electron chi connectivity index (χ0n) is 17.2. The quantitative estimate of drug-likeness (QED) is 0.357. The highest BCUT2D eigenvalue weighted by Crippen LogP contribution is 2.53. The van der Waals surface area contributed by atoms with Gasteiger partial charge in [-0.3, -0.25) is 0 Å². The van der Waals surface area contributed by atoms with E-state index in [0.29, 0.717) is 12.1 Å². The van der Waals surface area contributed by atoms with Crippen LogP contribution in [-0.2, 0) is 29.7 Å². The van der Waals surface area contributed by atoms with Crippen molar-refractivity contribution < 1.29 is 58.5 Å². The summed E-state index contributed by atoms with van der Waals surface area (Å²) < 4.78 is 128. The number of halogens is 7. The fourth-order valence-corrected chi connectivity index (χ4v) is 6.62. The molecule has 4 rings (SSSR count). The first kappa shape index (κ1) is 25.2. The predicted octanol–water partition coefficient (Wildman–Crippen LogP) is 4.50. The Kier molecular flexibility index (Phi) is 5.63. The van der Waals surface area contributed by atoms with Crippen molar-refractivity contribution in [3.63, 3.8) is 0 Å². The van der Waals surface area contributed by atoms with Crippen LogP contribution in [0.25, 0.3) is 0 Å². The summed E-state index contributed by atoms with van der Waals surface area (Å²) in [5, 5.41) is 9.62. The summed E-state index contributed by atoms with van der Waals surface area (Å²) in [6.45, 7) is 0. The molecule has 1 N–H and O–H groups in total. The summed E-state index contributed by atoms with van der Waals surface area (Å²) >= 11 is 0. The second kappa shape index (κ2) is 7.82. The molecule has 1 aliphatic heterocycles. The number of fused-ring (bicyclic) bond motifs is 1. The number of rotatable bonds is 4. The van der Waals surface area contributed by atoms with E-state index >= 15 is 0 Å². The van der Waals surface area contributed by atoms with Gasteiger partial charge in [0, 0.05) is 18.4 Å². The minimum atomic E-state index is -6.13. The molecule has 0 amide bonds. The third-order valence-corrected chi connectivity index (χ3v) is 8.75. The molecule has 2 fully saturated rings. The van der Waals surface area contributed by atoms with Gasteiger partial charge in [-0.05, 0) is 29.8 Å². The lowest BCUT2D eigenvalue weighted by Gasteiger charge is -2.34. The second-order valence-corrected chi connectivity index (χ2v) is 10.5. The van der Waals surface area contributed by atoms with Crippen LogP contribution in [0, 0.1) is 5.82 Å². The van der Waals surface area contributed by atoms with E-state index in [9.17, 15) is 49.1 Å². The van der Waals surface area contributed by atoms with Crippen LogP contribution in [0.4, 0.5) is 35.5 Å². The molecule has 3 atom stereocenters. The number of alkyl halides is 6. The van der Waals surface area contributed by atoms with Gasteiger partial charge < -0.3 is 14.6 Å². The molecule has 1 heterocycles. The lowest BCUT2D eigenvalue weighted by atomic mass is 9.88. The molecular formula is C21H15F7O6S. The lowest BCUT2D eigenvalue weighted by molar-refractivity contribution is -0.376. The molecule has 35 heavy (non-hydrogen) atoms. The van der Waals surface area contributed by atoms with Crippen molar-refractivity contribution in [2.45, 2.75) is 52.6 Å². The van der Waals surface area contributed by atoms with E-state index in [2.05, 4.69) is 0 Å². The Morgan fingerprint density at radius 1 is 0.829 bits per heavy atom. The van der Waals surface area contributed by atoms with Crippen LogP contribution in [0.5, 0.6) is 0 Å². The topological polar surface area (TPSA) is 89.9 Å². The van der Waals surface area contributed by atoms with Gasteiger partial charge in [0.25, 0.3) is 5.60 Å². The van der Waals surface area contributed by atoms with Gasteiger partial charge in [0.1, 0.15) is 22.8 Å². The highest BCUT2D eigenvalue weighted by molar-refractivity contribution is 7.92. The Morgan fingerprint density at radius 2 is 1.29 bits per heavy atom. The molecule has 0 unspecified atom stereocenters. The minimum absolute atomic E-state index is 0.230. The third kappa shape index (κ3) is 3.73. The molecule has 0 spiro atoms. The Balaban J connectivity index is 1.84. The van der Waals surface area contributed by atoms with Gasteiger partial charge in [-0.2, -0.15) is 26.3 Å². The zero-order chi connectivity index (χ0) is 26.0. The molecule has 1 saturated heterocycles. The number of carbonyl (C=O) groups is 1. The average molecular weight is 528 g/mol. The van der Waals surface area contributed by atoms with Crippen LogP contribution < -0.4 is 0 Å². The summed E-state index contributed by atoms with van der Waals surface area (Å²) in [5.74, 6) is -0.749. The number of hydrogen-bond acceptors (Lipinski definition) is 6. The molecule has 2 aliphatic rings. The van der Waals surface area contributed by atoms with Gasteiger partial charge >= 0.3 is 18.5 Å². The lowest BCUT2D eigenvalue weighted by Crippen LogP contribution is -2.53. The van der Waals surface area contributed by atoms with E-state index < -0.39 is 75.1 Å². The van der Waals surface area contributed by atoms with Crippen molar-refractivity contribution in [1.29, 1.82) is 0 Å². The molecule has 14 heteroatoms. The molecule has 0 radical (unpaired) electrons. The Bertz CT molecular complexity index is 1210. The number of hydrogen-bond donors (Lipinski definition) is 1. The van der Waals surface area contributed by atoms with Crippen LogP contribution in [-0.4, -0.2) is 44.2 Å². The summed E-state index contributed by atoms with van der Waals surface area (Å²) in [4.78, 5) is 11.0. The first-order chi connectivity index (χ1) is 16.0. The van der Waals surface area contributed by atoms with Gasteiger partial charge in [-0.15, -0.1) is 0 Å². The van der Waals surface area contributed by atoms with Crippen molar-refractivity contribution in [2.24, 2.45) is 0 Å². The number of carbonyl (C=O) groups excluding carboxylic acids is 1. The summed E-state index contributed by atoms with van der Waals surface area (Å²) in [7, 11) is -4.48. The molecule has 0 bridgehead atoms. The molecule has 6 nitrogen and oxygen atoms in total. The van der Waals surface area contributed by atoms with Crippen molar-refractivity contribution in [2.75, 3.05) is 0 Å². The molecule has 2 aromatic carbocycles. The Hall–Kier alpha value is -2.87. The summed E-state index contributed by atoms with van der Waals surface area (Å²) in [5.41, 5.74) is -7.01. The summed E-state index contributed by atoms with van der Waals surface area (Å²) in [6, 6.07) is 5.75. The highest BCUT2D eigenvalue weighted by atomic mass is 32.2. The van der Waals surface area contributed by atoms with Crippen molar-refractivity contribution in [3.8, 4) is 0 Å². The van der Waals surface area contributed by atoms with E-state index in [-0.39, 0.29) is 10.5 Å². The van der Waals surface area contributed by atoms with E-state index in [1.54, 1.807) is 0 Å². The molecule has 1 saturated carbocycles. The monoisotopic (exact) mass is 528 g/mol. The maximum absolute atomic E-state index is 13.7. The van der Waals surface area contributed by atoms with E-state index in [1.165, 1.54) is 0 Å². The van der Waals surface area contributed by atoms with Gasteiger partial charge in [0.2, 0.25) is 0 Å². The number of ether oxygens (including phenoxy) is 2. The zero-order valence-corrected chi connectivity index (χ0v) is 18.0.